The molecular formula is C19H23FN2O2. The number of carbonyl (C=O) groups excluding carboxylic acids is 1. The van der Waals surface area contributed by atoms with Crippen molar-refractivity contribution >= 4 is 11.7 Å². The second kappa shape index (κ2) is 8.43. The molecule has 5 heteroatoms. The number of halogens is 1. The Labute approximate surface area is 142 Å². The Kier molecular flexibility index (Phi) is 6.29. The van der Waals surface area contributed by atoms with E-state index in [9.17, 15) is 9.18 Å². The van der Waals surface area contributed by atoms with E-state index in [-0.39, 0.29) is 5.82 Å². The largest absolute Gasteiger partial charge is 0.461 e. The van der Waals surface area contributed by atoms with Gasteiger partial charge in [0.2, 0.25) is 0 Å². The molecule has 0 atom stereocenters. The number of ether oxygens (including phenoxy) is 1. The summed E-state index contributed by atoms with van der Waals surface area (Å²) in [5.74, 6) is -0.258. The first-order valence-electron chi connectivity index (χ1n) is 8.14. The number of hydrogen-bond donors (Lipinski definition) is 1. The van der Waals surface area contributed by atoms with Crippen molar-refractivity contribution < 1.29 is 13.9 Å². The van der Waals surface area contributed by atoms with E-state index in [0.717, 1.165) is 17.7 Å². The Balaban J connectivity index is 2.24. The summed E-state index contributed by atoms with van der Waals surface area (Å²) in [6.07, 6.45) is 2.28. The minimum atomic E-state index is -0.433. The topological polar surface area (TPSA) is 51.2 Å². The van der Waals surface area contributed by atoms with Gasteiger partial charge in [-0.3, -0.25) is 0 Å². The van der Waals surface area contributed by atoms with Crippen molar-refractivity contribution in [2.45, 2.75) is 27.2 Å². The van der Waals surface area contributed by atoms with Gasteiger partial charge < -0.3 is 10.1 Å². The fourth-order valence-electron chi connectivity index (χ4n) is 2.25. The summed E-state index contributed by atoms with van der Waals surface area (Å²) in [5.41, 5.74) is 2.89. The molecule has 2 aromatic rings. The van der Waals surface area contributed by atoms with Crippen molar-refractivity contribution in [1.29, 1.82) is 0 Å². The van der Waals surface area contributed by atoms with E-state index in [1.54, 1.807) is 25.3 Å². The maximum absolute atomic E-state index is 13.0. The lowest BCUT2D eigenvalue weighted by molar-refractivity contribution is 0.0520. The van der Waals surface area contributed by atoms with Crippen molar-refractivity contribution in [3.63, 3.8) is 0 Å². The molecule has 0 bridgehead atoms. The molecule has 0 radical (unpaired) electrons. The van der Waals surface area contributed by atoms with Crippen LogP contribution >= 0.6 is 0 Å². The molecule has 0 aliphatic carbocycles. The molecule has 1 aromatic carbocycles. The highest BCUT2D eigenvalue weighted by molar-refractivity contribution is 5.93. The van der Waals surface area contributed by atoms with Gasteiger partial charge in [-0.1, -0.05) is 26.0 Å². The molecular weight excluding hydrogens is 307 g/mol. The summed E-state index contributed by atoms with van der Waals surface area (Å²) in [7, 11) is 0. The van der Waals surface area contributed by atoms with Gasteiger partial charge in [-0.15, -0.1) is 0 Å². The molecule has 1 N–H and O–H groups in total. The summed E-state index contributed by atoms with van der Waals surface area (Å²) in [5, 5.41) is 3.26. The van der Waals surface area contributed by atoms with Gasteiger partial charge >= 0.3 is 5.97 Å². The third-order valence-corrected chi connectivity index (χ3v) is 3.44. The highest BCUT2D eigenvalue weighted by atomic mass is 19.1. The van der Waals surface area contributed by atoms with Gasteiger partial charge in [-0.25, -0.2) is 14.2 Å². The van der Waals surface area contributed by atoms with Gasteiger partial charge in [0.1, 0.15) is 5.82 Å². The average molecular weight is 330 g/mol. The second-order valence-corrected chi connectivity index (χ2v) is 6.04. The lowest BCUT2D eigenvalue weighted by Crippen LogP contribution is -2.15. The molecule has 128 valence electrons. The van der Waals surface area contributed by atoms with Crippen LogP contribution in [-0.2, 0) is 11.2 Å². The molecule has 0 aliphatic heterocycles. The monoisotopic (exact) mass is 330 g/mol. The highest BCUT2D eigenvalue weighted by Crippen LogP contribution is 2.19. The summed E-state index contributed by atoms with van der Waals surface area (Å²) >= 11 is 0. The van der Waals surface area contributed by atoms with Crippen LogP contribution in [0, 0.1) is 11.7 Å². The fraction of sp³-hybridized carbons (Fsp3) is 0.368. The van der Waals surface area contributed by atoms with Crippen LogP contribution in [0.1, 0.15) is 42.4 Å². The van der Waals surface area contributed by atoms with Gasteiger partial charge in [-0.05, 0) is 48.6 Å². The zero-order valence-corrected chi connectivity index (χ0v) is 14.3. The van der Waals surface area contributed by atoms with Crippen LogP contribution in [0.15, 0.2) is 36.5 Å². The third-order valence-electron chi connectivity index (χ3n) is 3.44. The van der Waals surface area contributed by atoms with Crippen molar-refractivity contribution in [2.24, 2.45) is 5.92 Å². The second-order valence-electron chi connectivity index (χ2n) is 6.04. The van der Waals surface area contributed by atoms with E-state index in [4.69, 9.17) is 4.74 Å². The smallest absolute Gasteiger partial charge is 0.359 e. The van der Waals surface area contributed by atoms with E-state index in [0.29, 0.717) is 30.3 Å². The zero-order valence-electron chi connectivity index (χ0n) is 14.3. The SMILES string of the molecule is CCOC(=O)c1ncc(Cc2ccc(F)cc2)cc1NCC(C)C. The Morgan fingerprint density at radius 2 is 1.96 bits per heavy atom. The Bertz CT molecular complexity index is 684. The number of rotatable bonds is 7. The predicted octanol–water partition coefficient (Wildman–Crippen LogP) is 4.06. The normalized spacial score (nSPS) is 10.7. The van der Waals surface area contributed by atoms with Crippen LogP contribution in [0.4, 0.5) is 10.1 Å². The van der Waals surface area contributed by atoms with Gasteiger partial charge in [0.15, 0.2) is 5.69 Å². The number of anilines is 1. The van der Waals surface area contributed by atoms with Crippen LogP contribution in [0.2, 0.25) is 0 Å². The summed E-state index contributed by atoms with van der Waals surface area (Å²) < 4.78 is 18.1. The lowest BCUT2D eigenvalue weighted by atomic mass is 10.1. The first kappa shape index (κ1) is 17.9. The van der Waals surface area contributed by atoms with E-state index in [1.807, 2.05) is 6.07 Å². The molecule has 1 aromatic heterocycles. The molecule has 0 fully saturated rings. The van der Waals surface area contributed by atoms with Crippen molar-refractivity contribution in [3.8, 4) is 0 Å². The molecule has 2 rings (SSSR count). The fourth-order valence-corrected chi connectivity index (χ4v) is 2.25. The van der Waals surface area contributed by atoms with Crippen LogP contribution in [0.3, 0.4) is 0 Å². The average Bonchev–Trinajstić information content (AvgIpc) is 2.55. The first-order valence-corrected chi connectivity index (χ1v) is 8.14. The summed E-state index contributed by atoms with van der Waals surface area (Å²) in [6.45, 7) is 6.98. The van der Waals surface area contributed by atoms with E-state index in [1.165, 1.54) is 12.1 Å². The van der Waals surface area contributed by atoms with Gasteiger partial charge in [-0.2, -0.15) is 0 Å². The Morgan fingerprint density at radius 1 is 1.25 bits per heavy atom. The standard InChI is InChI=1S/C19H23FN2O2/c1-4-24-19(23)18-17(21-11-13(2)3)10-15(12-22-18)9-14-5-7-16(20)8-6-14/h5-8,10,12-13,21H,4,9,11H2,1-3H3. The van der Waals surface area contributed by atoms with Gasteiger partial charge in [0.05, 0.1) is 12.3 Å². The lowest BCUT2D eigenvalue weighted by Gasteiger charge is -2.14. The number of esters is 1. The Morgan fingerprint density at radius 3 is 2.58 bits per heavy atom. The van der Waals surface area contributed by atoms with Crippen molar-refractivity contribution in [3.05, 3.63) is 59.2 Å². The van der Waals surface area contributed by atoms with Gasteiger partial charge in [0, 0.05) is 12.7 Å². The minimum absolute atomic E-state index is 0.256. The first-order chi connectivity index (χ1) is 11.5. The van der Waals surface area contributed by atoms with Crippen LogP contribution in [0.25, 0.3) is 0 Å². The number of nitrogens with one attached hydrogen (secondary N) is 1. The van der Waals surface area contributed by atoms with Crippen molar-refractivity contribution in [1.82, 2.24) is 4.98 Å². The van der Waals surface area contributed by atoms with Crippen LogP contribution in [0.5, 0.6) is 0 Å². The number of hydrogen-bond acceptors (Lipinski definition) is 4. The maximum atomic E-state index is 13.0. The number of carbonyl (C=O) groups is 1. The molecule has 0 amide bonds. The van der Waals surface area contributed by atoms with E-state index < -0.39 is 5.97 Å². The van der Waals surface area contributed by atoms with Crippen LogP contribution < -0.4 is 5.32 Å². The zero-order chi connectivity index (χ0) is 17.5. The molecule has 1 heterocycles. The molecule has 0 spiro atoms. The van der Waals surface area contributed by atoms with Crippen molar-refractivity contribution in [2.75, 3.05) is 18.5 Å². The molecule has 0 aliphatic rings. The van der Waals surface area contributed by atoms with E-state index >= 15 is 0 Å². The Hall–Kier alpha value is -2.43. The molecule has 24 heavy (non-hydrogen) atoms. The number of nitrogens with zero attached hydrogens (tertiary/aromatic N) is 1. The molecule has 0 saturated heterocycles. The maximum Gasteiger partial charge on any atom is 0.359 e. The summed E-state index contributed by atoms with van der Waals surface area (Å²) in [6, 6.07) is 8.28. The van der Waals surface area contributed by atoms with Gasteiger partial charge in [0.25, 0.3) is 0 Å². The molecule has 0 unspecified atom stereocenters. The number of pyridine rings is 1. The number of benzene rings is 1. The predicted molar refractivity (Wildman–Crippen MR) is 92.7 cm³/mol. The molecule has 4 nitrogen and oxygen atoms in total. The quantitative estimate of drug-likeness (QED) is 0.778. The van der Waals surface area contributed by atoms with E-state index in [2.05, 4.69) is 24.1 Å². The number of aromatic nitrogens is 1. The third kappa shape index (κ3) is 5.05. The van der Waals surface area contributed by atoms with Crippen LogP contribution in [-0.4, -0.2) is 24.1 Å². The summed E-state index contributed by atoms with van der Waals surface area (Å²) in [4.78, 5) is 16.3. The highest BCUT2D eigenvalue weighted by Gasteiger charge is 2.15. The molecule has 0 saturated carbocycles. The minimum Gasteiger partial charge on any atom is -0.461 e.